The summed E-state index contributed by atoms with van der Waals surface area (Å²) in [6, 6.07) is 1.97. The van der Waals surface area contributed by atoms with Gasteiger partial charge in [-0.25, -0.2) is 0 Å². The number of carbonyl (C=O) groups excluding carboxylic acids is 1. The Kier molecular flexibility index (Phi) is 6.02. The summed E-state index contributed by atoms with van der Waals surface area (Å²) in [6.45, 7) is 5.63. The van der Waals surface area contributed by atoms with Crippen LogP contribution in [0.3, 0.4) is 0 Å². The van der Waals surface area contributed by atoms with Gasteiger partial charge in [-0.05, 0) is 30.9 Å². The number of rotatable bonds is 8. The average Bonchev–Trinajstić information content (AvgIpc) is 2.73. The molecule has 1 aromatic rings. The number of carbonyl (C=O) groups is 1. The normalized spacial score (nSPS) is 11.6. The van der Waals surface area contributed by atoms with Crippen molar-refractivity contribution in [2.45, 2.75) is 39.5 Å². The van der Waals surface area contributed by atoms with Crippen molar-refractivity contribution in [3.63, 3.8) is 0 Å². The number of nitrogens with one attached hydrogen (secondary N) is 1. The third kappa shape index (κ3) is 6.38. The van der Waals surface area contributed by atoms with E-state index >= 15 is 0 Å². The SMILES string of the molecule is Cn1ccc(CCNC(=O)CCC(C)(C)CCN)n1. The highest BCUT2D eigenvalue weighted by Gasteiger charge is 2.18. The topological polar surface area (TPSA) is 72.9 Å². The van der Waals surface area contributed by atoms with Gasteiger partial charge in [0.1, 0.15) is 0 Å². The van der Waals surface area contributed by atoms with Crippen LogP contribution in [0.2, 0.25) is 0 Å². The smallest absolute Gasteiger partial charge is 0.220 e. The predicted octanol–water partition coefficient (Wildman–Crippen LogP) is 1.23. The Morgan fingerprint density at radius 2 is 2.21 bits per heavy atom. The summed E-state index contributed by atoms with van der Waals surface area (Å²) in [7, 11) is 1.89. The first-order valence-corrected chi connectivity index (χ1v) is 6.88. The molecule has 0 bridgehead atoms. The number of hydrogen-bond acceptors (Lipinski definition) is 3. The molecule has 0 saturated carbocycles. The van der Waals surface area contributed by atoms with Crippen LogP contribution >= 0.6 is 0 Å². The zero-order valence-electron chi connectivity index (χ0n) is 12.3. The van der Waals surface area contributed by atoms with E-state index in [1.54, 1.807) is 4.68 Å². The Hall–Kier alpha value is -1.36. The third-order valence-electron chi connectivity index (χ3n) is 3.32. The van der Waals surface area contributed by atoms with Crippen LogP contribution < -0.4 is 11.1 Å². The van der Waals surface area contributed by atoms with Crippen LogP contribution in [-0.2, 0) is 18.3 Å². The highest BCUT2D eigenvalue weighted by Crippen LogP contribution is 2.25. The molecular formula is C14H26N4O. The van der Waals surface area contributed by atoms with Crippen LogP contribution in [0.15, 0.2) is 12.3 Å². The van der Waals surface area contributed by atoms with Crippen molar-refractivity contribution in [3.05, 3.63) is 18.0 Å². The molecule has 0 spiro atoms. The molecule has 19 heavy (non-hydrogen) atoms. The van der Waals surface area contributed by atoms with E-state index in [0.29, 0.717) is 19.5 Å². The van der Waals surface area contributed by atoms with Crippen LogP contribution in [0.25, 0.3) is 0 Å². The second-order valence-corrected chi connectivity index (χ2v) is 5.78. The lowest BCUT2D eigenvalue weighted by molar-refractivity contribution is -0.121. The first-order valence-electron chi connectivity index (χ1n) is 6.88. The molecule has 0 saturated heterocycles. The van der Waals surface area contributed by atoms with E-state index in [9.17, 15) is 4.79 Å². The Labute approximate surface area is 115 Å². The molecule has 5 heteroatoms. The maximum absolute atomic E-state index is 11.7. The number of aryl methyl sites for hydroxylation is 1. The second-order valence-electron chi connectivity index (χ2n) is 5.78. The van der Waals surface area contributed by atoms with Gasteiger partial charge in [0.2, 0.25) is 5.91 Å². The van der Waals surface area contributed by atoms with Gasteiger partial charge >= 0.3 is 0 Å². The molecule has 0 aliphatic carbocycles. The lowest BCUT2D eigenvalue weighted by atomic mass is 9.84. The van der Waals surface area contributed by atoms with Crippen molar-refractivity contribution in [3.8, 4) is 0 Å². The number of nitrogens with two attached hydrogens (primary N) is 1. The molecule has 108 valence electrons. The molecule has 1 rings (SSSR count). The van der Waals surface area contributed by atoms with Crippen LogP contribution in [0.4, 0.5) is 0 Å². The van der Waals surface area contributed by atoms with E-state index in [4.69, 9.17) is 5.73 Å². The fraction of sp³-hybridized carbons (Fsp3) is 0.714. The van der Waals surface area contributed by atoms with Crippen molar-refractivity contribution in [2.24, 2.45) is 18.2 Å². The number of hydrogen-bond donors (Lipinski definition) is 2. The monoisotopic (exact) mass is 266 g/mol. The molecule has 0 unspecified atom stereocenters. The maximum Gasteiger partial charge on any atom is 0.220 e. The minimum absolute atomic E-state index is 0.112. The van der Waals surface area contributed by atoms with Gasteiger partial charge in [-0.1, -0.05) is 13.8 Å². The first-order chi connectivity index (χ1) is 8.93. The molecule has 0 radical (unpaired) electrons. The molecular weight excluding hydrogens is 240 g/mol. The Balaban J connectivity index is 2.18. The van der Waals surface area contributed by atoms with E-state index in [0.717, 1.165) is 25.0 Å². The van der Waals surface area contributed by atoms with Gasteiger partial charge in [0.25, 0.3) is 0 Å². The van der Waals surface area contributed by atoms with Gasteiger partial charge < -0.3 is 11.1 Å². The van der Waals surface area contributed by atoms with Crippen LogP contribution in [-0.4, -0.2) is 28.8 Å². The summed E-state index contributed by atoms with van der Waals surface area (Å²) in [5, 5.41) is 7.20. The summed E-state index contributed by atoms with van der Waals surface area (Å²) in [5.41, 5.74) is 6.71. The van der Waals surface area contributed by atoms with Gasteiger partial charge in [-0.3, -0.25) is 9.48 Å². The number of nitrogens with zero attached hydrogens (tertiary/aromatic N) is 2. The van der Waals surface area contributed by atoms with Crippen molar-refractivity contribution >= 4 is 5.91 Å². The van der Waals surface area contributed by atoms with Gasteiger partial charge in [0.15, 0.2) is 0 Å². The Morgan fingerprint density at radius 1 is 1.47 bits per heavy atom. The van der Waals surface area contributed by atoms with E-state index in [-0.39, 0.29) is 11.3 Å². The minimum Gasteiger partial charge on any atom is -0.356 e. The molecule has 1 heterocycles. The zero-order chi connectivity index (χ0) is 14.3. The van der Waals surface area contributed by atoms with Gasteiger partial charge in [-0.2, -0.15) is 5.10 Å². The summed E-state index contributed by atoms with van der Waals surface area (Å²) in [5.74, 6) is 0.112. The molecule has 0 fully saturated rings. The molecule has 5 nitrogen and oxygen atoms in total. The fourth-order valence-corrected chi connectivity index (χ4v) is 1.98. The fourth-order valence-electron chi connectivity index (χ4n) is 1.98. The maximum atomic E-state index is 11.7. The average molecular weight is 266 g/mol. The quantitative estimate of drug-likeness (QED) is 0.743. The summed E-state index contributed by atoms with van der Waals surface area (Å²) >= 11 is 0. The van der Waals surface area contributed by atoms with Crippen molar-refractivity contribution in [1.29, 1.82) is 0 Å². The molecule has 0 aromatic carbocycles. The lowest BCUT2D eigenvalue weighted by Crippen LogP contribution is -2.27. The van der Waals surface area contributed by atoms with Crippen molar-refractivity contribution in [2.75, 3.05) is 13.1 Å². The van der Waals surface area contributed by atoms with Gasteiger partial charge in [0, 0.05) is 32.6 Å². The number of aromatic nitrogens is 2. The van der Waals surface area contributed by atoms with Crippen LogP contribution in [0.5, 0.6) is 0 Å². The molecule has 1 amide bonds. The van der Waals surface area contributed by atoms with Crippen molar-refractivity contribution < 1.29 is 4.79 Å². The largest absolute Gasteiger partial charge is 0.356 e. The van der Waals surface area contributed by atoms with Gasteiger partial charge in [0.05, 0.1) is 5.69 Å². The van der Waals surface area contributed by atoms with Gasteiger partial charge in [-0.15, -0.1) is 0 Å². The molecule has 0 aliphatic rings. The highest BCUT2D eigenvalue weighted by atomic mass is 16.1. The third-order valence-corrected chi connectivity index (χ3v) is 3.32. The predicted molar refractivity (Wildman–Crippen MR) is 76.6 cm³/mol. The summed E-state index contributed by atoms with van der Waals surface area (Å²) in [6.07, 6.45) is 5.08. The Bertz CT molecular complexity index is 398. The van der Waals surface area contributed by atoms with E-state index in [1.165, 1.54) is 0 Å². The van der Waals surface area contributed by atoms with Crippen LogP contribution in [0, 0.1) is 5.41 Å². The van der Waals surface area contributed by atoms with E-state index in [1.807, 2.05) is 19.3 Å². The van der Waals surface area contributed by atoms with E-state index in [2.05, 4.69) is 24.3 Å². The second kappa shape index (κ2) is 7.28. The number of amides is 1. The Morgan fingerprint density at radius 3 is 2.79 bits per heavy atom. The van der Waals surface area contributed by atoms with Crippen LogP contribution in [0.1, 0.15) is 38.8 Å². The first kappa shape index (κ1) is 15.7. The lowest BCUT2D eigenvalue weighted by Gasteiger charge is -2.23. The summed E-state index contributed by atoms with van der Waals surface area (Å²) < 4.78 is 1.77. The molecule has 1 aromatic heterocycles. The molecule has 3 N–H and O–H groups in total. The van der Waals surface area contributed by atoms with E-state index < -0.39 is 0 Å². The highest BCUT2D eigenvalue weighted by molar-refractivity contribution is 5.75. The standard InChI is InChI=1S/C14H26N4O/c1-14(2,8-9-15)7-4-13(19)16-10-5-12-6-11-18(3)17-12/h6,11H,4-5,7-10,15H2,1-3H3,(H,16,19). The summed E-state index contributed by atoms with van der Waals surface area (Å²) in [4.78, 5) is 11.7. The molecule has 0 aliphatic heterocycles. The molecule has 0 atom stereocenters. The minimum atomic E-state index is 0.112. The van der Waals surface area contributed by atoms with Crippen molar-refractivity contribution in [1.82, 2.24) is 15.1 Å². The zero-order valence-corrected chi connectivity index (χ0v) is 12.3.